The third kappa shape index (κ3) is 1.26. The van der Waals surface area contributed by atoms with E-state index in [1.54, 1.807) is 24.3 Å². The molecule has 0 bridgehead atoms. The number of hydrogen-bond acceptors (Lipinski definition) is 2. The van der Waals surface area contributed by atoms with Gasteiger partial charge in [0.2, 0.25) is 0 Å². The molecule has 0 aliphatic rings. The summed E-state index contributed by atoms with van der Waals surface area (Å²) in [4.78, 5) is 0. The molecule has 0 spiro atoms. The van der Waals surface area contributed by atoms with Crippen molar-refractivity contribution in [2.24, 2.45) is 0 Å². The molecule has 2 N–H and O–H groups in total. The summed E-state index contributed by atoms with van der Waals surface area (Å²) in [5, 5.41) is 0.780. The van der Waals surface area contributed by atoms with Crippen LogP contribution >= 0.6 is 0 Å². The molecular formula is C10H10FNO. The molecule has 3 heteroatoms. The lowest BCUT2D eigenvalue weighted by molar-refractivity contribution is 0.317. The molecule has 68 valence electrons. The molecule has 2 nitrogen and oxygen atoms in total. The van der Waals surface area contributed by atoms with E-state index in [4.69, 9.17) is 10.2 Å². The van der Waals surface area contributed by atoms with Crippen LogP contribution in [0.25, 0.3) is 11.0 Å². The lowest BCUT2D eigenvalue weighted by Gasteiger charge is -1.92. The van der Waals surface area contributed by atoms with Crippen molar-refractivity contribution in [3.8, 4) is 0 Å². The molecule has 0 saturated carbocycles. The number of furan rings is 1. The van der Waals surface area contributed by atoms with Gasteiger partial charge in [0.1, 0.15) is 11.3 Å². The van der Waals surface area contributed by atoms with Crippen LogP contribution < -0.4 is 5.73 Å². The molecule has 0 amide bonds. The van der Waals surface area contributed by atoms with Gasteiger partial charge in [0, 0.05) is 11.1 Å². The number of nitrogen functional groups attached to an aromatic ring is 1. The largest absolute Gasteiger partial charge is 0.458 e. The first-order chi connectivity index (χ1) is 6.18. The number of halogens is 1. The average Bonchev–Trinajstić information content (AvgIpc) is 2.49. The zero-order valence-electron chi connectivity index (χ0n) is 7.25. The van der Waals surface area contributed by atoms with Crippen LogP contribution in [0.5, 0.6) is 0 Å². The smallest absolute Gasteiger partial charge is 0.155 e. The minimum Gasteiger partial charge on any atom is -0.458 e. The number of rotatable bonds is 1. The van der Waals surface area contributed by atoms with Gasteiger partial charge in [-0.25, -0.2) is 4.39 Å². The minimum atomic E-state index is -1.09. The van der Waals surface area contributed by atoms with Gasteiger partial charge in [-0.2, -0.15) is 0 Å². The highest BCUT2D eigenvalue weighted by Crippen LogP contribution is 2.28. The Morgan fingerprint density at radius 1 is 1.46 bits per heavy atom. The highest BCUT2D eigenvalue weighted by Gasteiger charge is 2.10. The first-order valence-electron chi connectivity index (χ1n) is 4.10. The normalized spacial score (nSPS) is 13.4. The lowest BCUT2D eigenvalue weighted by atomic mass is 10.2. The summed E-state index contributed by atoms with van der Waals surface area (Å²) in [5.41, 5.74) is 6.94. The summed E-state index contributed by atoms with van der Waals surface area (Å²) in [7, 11) is 0. The van der Waals surface area contributed by atoms with Crippen molar-refractivity contribution in [1.82, 2.24) is 0 Å². The fourth-order valence-corrected chi connectivity index (χ4v) is 1.30. The summed E-state index contributed by atoms with van der Waals surface area (Å²) in [6.45, 7) is 1.44. The Hall–Kier alpha value is -1.51. The zero-order valence-corrected chi connectivity index (χ0v) is 7.25. The van der Waals surface area contributed by atoms with Crippen LogP contribution in [0.15, 0.2) is 28.7 Å². The molecule has 1 aromatic heterocycles. The molecule has 2 aromatic rings. The summed E-state index contributed by atoms with van der Waals surface area (Å²) in [6, 6.07) is 6.98. The lowest BCUT2D eigenvalue weighted by Crippen LogP contribution is -1.82. The van der Waals surface area contributed by atoms with E-state index in [2.05, 4.69) is 0 Å². The van der Waals surface area contributed by atoms with Crippen molar-refractivity contribution in [3.63, 3.8) is 0 Å². The molecule has 0 aliphatic heterocycles. The van der Waals surface area contributed by atoms with Crippen LogP contribution in [-0.2, 0) is 0 Å². The Bertz CT molecular complexity index is 433. The molecule has 1 aromatic carbocycles. The van der Waals surface area contributed by atoms with Crippen LogP contribution in [0.1, 0.15) is 18.9 Å². The number of hydrogen-bond donors (Lipinski definition) is 1. The van der Waals surface area contributed by atoms with Gasteiger partial charge in [-0.05, 0) is 25.1 Å². The maximum Gasteiger partial charge on any atom is 0.155 e. The highest BCUT2D eigenvalue weighted by atomic mass is 19.1. The quantitative estimate of drug-likeness (QED) is 0.683. The van der Waals surface area contributed by atoms with E-state index in [1.165, 1.54) is 6.92 Å². The van der Waals surface area contributed by atoms with Gasteiger partial charge in [0.25, 0.3) is 0 Å². The molecule has 1 heterocycles. The summed E-state index contributed by atoms with van der Waals surface area (Å²) in [5.74, 6) is 0.327. The van der Waals surface area contributed by atoms with E-state index in [0.29, 0.717) is 17.0 Å². The van der Waals surface area contributed by atoms with Gasteiger partial charge in [-0.15, -0.1) is 0 Å². The third-order valence-electron chi connectivity index (χ3n) is 2.01. The first kappa shape index (κ1) is 8.10. The minimum absolute atomic E-state index is 0.327. The van der Waals surface area contributed by atoms with E-state index in [9.17, 15) is 4.39 Å². The molecule has 0 aliphatic carbocycles. The maximum absolute atomic E-state index is 12.9. The van der Waals surface area contributed by atoms with Gasteiger partial charge in [-0.1, -0.05) is 6.07 Å². The predicted molar refractivity (Wildman–Crippen MR) is 50.1 cm³/mol. The molecular weight excluding hydrogens is 169 g/mol. The Morgan fingerprint density at radius 2 is 2.23 bits per heavy atom. The number of benzene rings is 1. The van der Waals surface area contributed by atoms with Gasteiger partial charge in [0.05, 0.1) is 0 Å². The van der Waals surface area contributed by atoms with Crippen molar-refractivity contribution in [2.45, 2.75) is 13.1 Å². The summed E-state index contributed by atoms with van der Waals surface area (Å²) in [6.07, 6.45) is -1.09. The average molecular weight is 179 g/mol. The van der Waals surface area contributed by atoms with Crippen molar-refractivity contribution in [2.75, 3.05) is 5.73 Å². The SMILES string of the molecule is CC(F)c1cc2c(N)cccc2o1. The van der Waals surface area contributed by atoms with Crippen LogP contribution in [0, 0.1) is 0 Å². The number of anilines is 1. The third-order valence-corrected chi connectivity index (χ3v) is 2.01. The fourth-order valence-electron chi connectivity index (χ4n) is 1.30. The van der Waals surface area contributed by atoms with Crippen LogP contribution in [0.2, 0.25) is 0 Å². The second-order valence-corrected chi connectivity index (χ2v) is 3.02. The van der Waals surface area contributed by atoms with Crippen LogP contribution in [0.3, 0.4) is 0 Å². The second-order valence-electron chi connectivity index (χ2n) is 3.02. The van der Waals surface area contributed by atoms with Crippen molar-refractivity contribution in [3.05, 3.63) is 30.0 Å². The number of nitrogens with two attached hydrogens (primary N) is 1. The van der Waals surface area contributed by atoms with Crippen molar-refractivity contribution in [1.29, 1.82) is 0 Å². The zero-order chi connectivity index (χ0) is 9.42. The van der Waals surface area contributed by atoms with E-state index in [-0.39, 0.29) is 0 Å². The van der Waals surface area contributed by atoms with Crippen LogP contribution in [0.4, 0.5) is 10.1 Å². The molecule has 0 fully saturated rings. The molecule has 13 heavy (non-hydrogen) atoms. The molecule has 2 rings (SSSR count). The molecule has 1 unspecified atom stereocenters. The Labute approximate surface area is 75.1 Å². The Morgan fingerprint density at radius 3 is 2.85 bits per heavy atom. The number of fused-ring (bicyclic) bond motifs is 1. The summed E-state index contributed by atoms with van der Waals surface area (Å²) < 4.78 is 18.1. The maximum atomic E-state index is 12.9. The van der Waals surface area contributed by atoms with E-state index in [0.717, 1.165) is 5.39 Å². The Kier molecular flexibility index (Phi) is 1.72. The van der Waals surface area contributed by atoms with Gasteiger partial charge < -0.3 is 10.2 Å². The highest BCUT2D eigenvalue weighted by molar-refractivity contribution is 5.89. The molecule has 0 radical (unpaired) electrons. The molecule has 0 saturated heterocycles. The first-order valence-corrected chi connectivity index (χ1v) is 4.10. The van der Waals surface area contributed by atoms with Crippen molar-refractivity contribution >= 4 is 16.7 Å². The van der Waals surface area contributed by atoms with E-state index >= 15 is 0 Å². The van der Waals surface area contributed by atoms with E-state index < -0.39 is 6.17 Å². The van der Waals surface area contributed by atoms with Crippen LogP contribution in [-0.4, -0.2) is 0 Å². The topological polar surface area (TPSA) is 39.2 Å². The Balaban J connectivity index is 2.68. The predicted octanol–water partition coefficient (Wildman–Crippen LogP) is 3.05. The van der Waals surface area contributed by atoms with E-state index in [1.807, 2.05) is 0 Å². The monoisotopic (exact) mass is 179 g/mol. The van der Waals surface area contributed by atoms with Crippen molar-refractivity contribution < 1.29 is 8.81 Å². The van der Waals surface area contributed by atoms with Gasteiger partial charge in [-0.3, -0.25) is 0 Å². The molecule has 1 atom stereocenters. The standard InChI is InChI=1S/C10H10FNO/c1-6(11)10-5-7-8(12)3-2-4-9(7)13-10/h2-6H,12H2,1H3. The number of alkyl halides is 1. The summed E-state index contributed by atoms with van der Waals surface area (Å²) >= 11 is 0. The fraction of sp³-hybridized carbons (Fsp3) is 0.200. The second kappa shape index (κ2) is 2.76. The van der Waals surface area contributed by atoms with Gasteiger partial charge >= 0.3 is 0 Å². The van der Waals surface area contributed by atoms with Gasteiger partial charge in [0.15, 0.2) is 6.17 Å².